The summed E-state index contributed by atoms with van der Waals surface area (Å²) in [5.41, 5.74) is 2.03. The zero-order valence-electron chi connectivity index (χ0n) is 15.3. The first-order chi connectivity index (χ1) is 13.1. The average Bonchev–Trinajstić information content (AvgIpc) is 3.24. The van der Waals surface area contributed by atoms with Crippen molar-refractivity contribution in [3.8, 4) is 17.2 Å². The van der Waals surface area contributed by atoms with E-state index in [4.69, 9.17) is 18.9 Å². The van der Waals surface area contributed by atoms with Crippen molar-refractivity contribution in [3.05, 3.63) is 53.6 Å². The Bertz CT molecular complexity index is 831. The van der Waals surface area contributed by atoms with Gasteiger partial charge in [-0.15, -0.1) is 0 Å². The number of methoxy groups -OCH3 is 1. The highest BCUT2D eigenvalue weighted by molar-refractivity contribution is 5.70. The second-order valence-corrected chi connectivity index (χ2v) is 6.93. The highest BCUT2D eigenvalue weighted by atomic mass is 16.6. The normalized spacial score (nSPS) is 26.6. The molecule has 2 saturated heterocycles. The maximum atomic E-state index is 11.2. The average molecular weight is 370 g/mol. The van der Waals surface area contributed by atoms with E-state index in [0.29, 0.717) is 24.7 Å². The molecule has 0 bridgehead atoms. The van der Waals surface area contributed by atoms with E-state index in [-0.39, 0.29) is 35.8 Å². The first-order valence-corrected chi connectivity index (χ1v) is 8.95. The zero-order chi connectivity index (χ0) is 19.0. The van der Waals surface area contributed by atoms with Crippen LogP contribution in [0.5, 0.6) is 17.2 Å². The van der Waals surface area contributed by atoms with Crippen LogP contribution in [0.3, 0.4) is 0 Å². The smallest absolute Gasteiger partial charge is 0.308 e. The number of fused-ring (bicyclic) bond motifs is 1. The number of rotatable bonds is 4. The van der Waals surface area contributed by atoms with Gasteiger partial charge in [0.1, 0.15) is 5.75 Å². The molecule has 0 radical (unpaired) electrons. The SMILES string of the molecule is COc1cc([C@@H]2OC[C@@H]3[C@H]2CO[C@H]3c2ccc(O)cc2)ccc1OC(C)=O. The van der Waals surface area contributed by atoms with Crippen LogP contribution in [0.4, 0.5) is 0 Å². The monoisotopic (exact) mass is 370 g/mol. The molecule has 4 rings (SSSR count). The van der Waals surface area contributed by atoms with Gasteiger partial charge in [-0.1, -0.05) is 18.2 Å². The summed E-state index contributed by atoms with van der Waals surface area (Å²) in [5.74, 6) is 1.23. The van der Waals surface area contributed by atoms with Gasteiger partial charge in [0.25, 0.3) is 0 Å². The molecule has 2 aromatic rings. The Morgan fingerprint density at radius 2 is 1.56 bits per heavy atom. The van der Waals surface area contributed by atoms with Gasteiger partial charge < -0.3 is 24.1 Å². The Kier molecular flexibility index (Phi) is 4.76. The molecule has 2 heterocycles. The molecule has 4 atom stereocenters. The maximum Gasteiger partial charge on any atom is 0.308 e. The highest BCUT2D eigenvalue weighted by Gasteiger charge is 2.48. The van der Waals surface area contributed by atoms with Gasteiger partial charge in [0, 0.05) is 18.8 Å². The second kappa shape index (κ2) is 7.21. The maximum absolute atomic E-state index is 11.2. The molecule has 27 heavy (non-hydrogen) atoms. The lowest BCUT2D eigenvalue weighted by Gasteiger charge is -2.18. The van der Waals surface area contributed by atoms with E-state index in [1.807, 2.05) is 24.3 Å². The molecule has 6 nitrogen and oxygen atoms in total. The number of esters is 1. The quantitative estimate of drug-likeness (QED) is 0.657. The number of carbonyl (C=O) groups is 1. The third kappa shape index (κ3) is 3.38. The minimum atomic E-state index is -0.390. The van der Waals surface area contributed by atoms with Gasteiger partial charge in [-0.05, 0) is 35.4 Å². The van der Waals surface area contributed by atoms with Crippen molar-refractivity contribution in [2.24, 2.45) is 11.8 Å². The lowest BCUT2D eigenvalue weighted by atomic mass is 9.85. The lowest BCUT2D eigenvalue weighted by Crippen LogP contribution is -2.14. The first kappa shape index (κ1) is 17.8. The number of ether oxygens (including phenoxy) is 4. The summed E-state index contributed by atoms with van der Waals surface area (Å²) in [6.45, 7) is 2.57. The predicted octanol–water partition coefficient (Wildman–Crippen LogP) is 3.40. The van der Waals surface area contributed by atoms with E-state index in [0.717, 1.165) is 11.1 Å². The number of aromatic hydroxyl groups is 1. The van der Waals surface area contributed by atoms with Crippen molar-refractivity contribution < 1.29 is 28.8 Å². The van der Waals surface area contributed by atoms with Crippen LogP contribution in [0.1, 0.15) is 30.3 Å². The third-order valence-corrected chi connectivity index (χ3v) is 5.26. The summed E-state index contributed by atoms with van der Waals surface area (Å²) in [6.07, 6.45) is -0.139. The minimum Gasteiger partial charge on any atom is -0.508 e. The van der Waals surface area contributed by atoms with Crippen molar-refractivity contribution >= 4 is 5.97 Å². The summed E-state index contributed by atoms with van der Waals surface area (Å²) in [4.78, 5) is 11.2. The van der Waals surface area contributed by atoms with Gasteiger partial charge in [-0.3, -0.25) is 4.79 Å². The Balaban J connectivity index is 1.55. The van der Waals surface area contributed by atoms with Gasteiger partial charge in [0.15, 0.2) is 11.5 Å². The highest BCUT2D eigenvalue weighted by Crippen LogP contribution is 2.51. The molecule has 0 saturated carbocycles. The fraction of sp³-hybridized carbons (Fsp3) is 0.381. The van der Waals surface area contributed by atoms with Crippen LogP contribution < -0.4 is 9.47 Å². The van der Waals surface area contributed by atoms with Crippen molar-refractivity contribution in [1.82, 2.24) is 0 Å². The summed E-state index contributed by atoms with van der Waals surface area (Å²) >= 11 is 0. The summed E-state index contributed by atoms with van der Waals surface area (Å²) in [7, 11) is 1.55. The molecular formula is C21H22O6. The summed E-state index contributed by atoms with van der Waals surface area (Å²) in [6, 6.07) is 12.6. The Hall–Kier alpha value is -2.57. The number of hydrogen-bond acceptors (Lipinski definition) is 6. The predicted molar refractivity (Wildman–Crippen MR) is 96.8 cm³/mol. The van der Waals surface area contributed by atoms with E-state index < -0.39 is 0 Å². The van der Waals surface area contributed by atoms with Gasteiger partial charge in [-0.2, -0.15) is 0 Å². The Morgan fingerprint density at radius 3 is 2.15 bits per heavy atom. The largest absolute Gasteiger partial charge is 0.508 e. The van der Waals surface area contributed by atoms with E-state index in [2.05, 4.69) is 0 Å². The molecule has 0 aliphatic carbocycles. The fourth-order valence-electron chi connectivity index (χ4n) is 4.00. The van der Waals surface area contributed by atoms with Gasteiger partial charge in [0.2, 0.25) is 0 Å². The number of hydrogen-bond donors (Lipinski definition) is 1. The molecule has 0 spiro atoms. The van der Waals surface area contributed by atoms with Crippen molar-refractivity contribution in [2.45, 2.75) is 19.1 Å². The number of carbonyl (C=O) groups excluding carboxylic acids is 1. The van der Waals surface area contributed by atoms with Crippen molar-refractivity contribution in [2.75, 3.05) is 20.3 Å². The summed E-state index contributed by atoms with van der Waals surface area (Å²) in [5, 5.41) is 9.50. The molecule has 2 aromatic carbocycles. The Morgan fingerprint density at radius 1 is 0.963 bits per heavy atom. The Labute approximate surface area is 157 Å². The lowest BCUT2D eigenvalue weighted by molar-refractivity contribution is -0.132. The van der Waals surface area contributed by atoms with Crippen molar-refractivity contribution in [3.63, 3.8) is 0 Å². The third-order valence-electron chi connectivity index (χ3n) is 5.26. The zero-order valence-corrected chi connectivity index (χ0v) is 15.3. The van der Waals surface area contributed by atoms with Crippen LogP contribution in [0.15, 0.2) is 42.5 Å². The fourth-order valence-corrected chi connectivity index (χ4v) is 4.00. The summed E-state index contributed by atoms with van der Waals surface area (Å²) < 4.78 is 22.7. The molecule has 6 heteroatoms. The van der Waals surface area contributed by atoms with E-state index in [1.54, 1.807) is 25.3 Å². The second-order valence-electron chi connectivity index (χ2n) is 6.93. The molecular weight excluding hydrogens is 348 g/mol. The first-order valence-electron chi connectivity index (χ1n) is 8.95. The van der Waals surface area contributed by atoms with Crippen LogP contribution in [-0.2, 0) is 14.3 Å². The van der Waals surface area contributed by atoms with Crippen LogP contribution in [0.25, 0.3) is 0 Å². The topological polar surface area (TPSA) is 74.2 Å². The number of phenolic OH excluding ortho intramolecular Hbond substituents is 1. The van der Waals surface area contributed by atoms with Gasteiger partial charge in [0.05, 0.1) is 32.5 Å². The molecule has 1 N–H and O–H groups in total. The van der Waals surface area contributed by atoms with Gasteiger partial charge in [-0.25, -0.2) is 0 Å². The standard InChI is InChI=1S/C21H22O6/c1-12(22)27-18-8-5-14(9-19(18)24-2)21-17-11-25-20(16(17)10-26-21)13-3-6-15(23)7-4-13/h3-9,16-17,20-21,23H,10-11H2,1-2H3/t16-,17-,20+,21+/m1/s1. The molecule has 0 aromatic heterocycles. The van der Waals surface area contributed by atoms with Crippen LogP contribution in [0, 0.1) is 11.8 Å². The van der Waals surface area contributed by atoms with E-state index in [1.165, 1.54) is 6.92 Å². The van der Waals surface area contributed by atoms with Crippen LogP contribution >= 0.6 is 0 Å². The molecule has 0 unspecified atom stereocenters. The minimum absolute atomic E-state index is 0.0391. The molecule has 0 amide bonds. The number of phenols is 1. The molecule has 2 aliphatic heterocycles. The molecule has 2 fully saturated rings. The van der Waals surface area contributed by atoms with E-state index in [9.17, 15) is 9.90 Å². The van der Waals surface area contributed by atoms with Crippen LogP contribution in [0.2, 0.25) is 0 Å². The molecule has 2 aliphatic rings. The van der Waals surface area contributed by atoms with Crippen molar-refractivity contribution in [1.29, 1.82) is 0 Å². The molecule has 142 valence electrons. The van der Waals surface area contributed by atoms with Gasteiger partial charge >= 0.3 is 5.97 Å². The number of benzene rings is 2. The van der Waals surface area contributed by atoms with Crippen LogP contribution in [-0.4, -0.2) is 31.4 Å². The van der Waals surface area contributed by atoms with E-state index >= 15 is 0 Å².